The smallest absolute Gasteiger partial charge is 0.251 e. The third-order valence-electron chi connectivity index (χ3n) is 2.86. The molecule has 0 aliphatic rings. The van der Waals surface area contributed by atoms with Gasteiger partial charge in [0.2, 0.25) is 5.91 Å². The third-order valence-corrected chi connectivity index (χ3v) is 2.86. The molecule has 1 aromatic carbocycles. The minimum Gasteiger partial charge on any atom is -0.399 e. The van der Waals surface area contributed by atoms with Crippen molar-refractivity contribution in [3.05, 3.63) is 29.8 Å². The lowest BCUT2D eigenvalue weighted by molar-refractivity contribution is -0.131. The lowest BCUT2D eigenvalue weighted by Crippen LogP contribution is -2.42. The predicted octanol–water partition coefficient (Wildman–Crippen LogP) is -0.534. The third kappa shape index (κ3) is 5.80. The highest BCUT2D eigenvalue weighted by Gasteiger charge is 2.14. The summed E-state index contributed by atoms with van der Waals surface area (Å²) in [6.45, 7) is 0.680. The number of nitrogens with two attached hydrogens (primary N) is 1. The maximum atomic E-state index is 12.0. The summed E-state index contributed by atoms with van der Waals surface area (Å²) in [5.41, 5.74) is 6.54. The number of aliphatic hydroxyl groups excluding tert-OH is 1. The van der Waals surface area contributed by atoms with Crippen molar-refractivity contribution in [2.45, 2.75) is 0 Å². The molecular weight excluding hydrogens is 274 g/mol. The minimum atomic E-state index is -0.348. The molecule has 4 N–H and O–H groups in total. The number of ether oxygens (including phenoxy) is 1. The Balaban J connectivity index is 2.49. The molecule has 1 aromatic rings. The van der Waals surface area contributed by atoms with Crippen LogP contribution in [0, 0.1) is 0 Å². The lowest BCUT2D eigenvalue weighted by atomic mass is 10.2. The van der Waals surface area contributed by atoms with E-state index in [1.807, 2.05) is 0 Å². The Morgan fingerprint density at radius 3 is 2.52 bits per heavy atom. The molecule has 7 heteroatoms. The van der Waals surface area contributed by atoms with Crippen LogP contribution in [0.4, 0.5) is 5.69 Å². The summed E-state index contributed by atoms with van der Waals surface area (Å²) in [4.78, 5) is 25.2. The van der Waals surface area contributed by atoms with Crippen LogP contribution in [0.3, 0.4) is 0 Å². The van der Waals surface area contributed by atoms with E-state index in [-0.39, 0.29) is 31.5 Å². The van der Waals surface area contributed by atoms with Gasteiger partial charge in [-0.05, 0) is 24.3 Å². The van der Waals surface area contributed by atoms with E-state index >= 15 is 0 Å². The van der Waals surface area contributed by atoms with Gasteiger partial charge in [0, 0.05) is 31.5 Å². The normalized spacial score (nSPS) is 10.2. The molecule has 0 saturated carbocycles. The molecule has 0 aliphatic carbocycles. The molecule has 2 amide bonds. The van der Waals surface area contributed by atoms with Crippen molar-refractivity contribution in [3.8, 4) is 0 Å². The highest BCUT2D eigenvalue weighted by molar-refractivity contribution is 5.96. The molecule has 0 spiro atoms. The highest BCUT2D eigenvalue weighted by atomic mass is 16.5. The predicted molar refractivity (Wildman–Crippen MR) is 78.7 cm³/mol. The number of aliphatic hydroxyl groups is 1. The molecule has 116 valence electrons. The Morgan fingerprint density at radius 2 is 1.95 bits per heavy atom. The van der Waals surface area contributed by atoms with E-state index in [2.05, 4.69) is 5.32 Å². The van der Waals surface area contributed by atoms with Gasteiger partial charge in [-0.25, -0.2) is 0 Å². The van der Waals surface area contributed by atoms with Gasteiger partial charge in [-0.2, -0.15) is 0 Å². The van der Waals surface area contributed by atoms with Gasteiger partial charge in [-0.15, -0.1) is 0 Å². The Kier molecular flexibility index (Phi) is 7.20. The minimum absolute atomic E-state index is 0.132. The van der Waals surface area contributed by atoms with E-state index in [0.29, 0.717) is 24.4 Å². The SMILES string of the molecule is COCCN(CCO)C(=O)CNC(=O)c1ccc(N)cc1. The molecule has 0 unspecified atom stereocenters. The first-order valence-electron chi connectivity index (χ1n) is 6.59. The maximum absolute atomic E-state index is 12.0. The van der Waals surface area contributed by atoms with Crippen LogP contribution in [0.1, 0.15) is 10.4 Å². The Bertz CT molecular complexity index is 462. The Morgan fingerprint density at radius 1 is 1.29 bits per heavy atom. The second-order valence-corrected chi connectivity index (χ2v) is 4.40. The van der Waals surface area contributed by atoms with E-state index < -0.39 is 0 Å². The van der Waals surface area contributed by atoms with Crippen molar-refractivity contribution >= 4 is 17.5 Å². The second-order valence-electron chi connectivity index (χ2n) is 4.40. The van der Waals surface area contributed by atoms with Crippen molar-refractivity contribution in [2.24, 2.45) is 0 Å². The van der Waals surface area contributed by atoms with Gasteiger partial charge in [-0.3, -0.25) is 9.59 Å². The fraction of sp³-hybridized carbons (Fsp3) is 0.429. The van der Waals surface area contributed by atoms with Gasteiger partial charge in [-0.1, -0.05) is 0 Å². The van der Waals surface area contributed by atoms with Crippen LogP contribution in [-0.2, 0) is 9.53 Å². The molecule has 0 atom stereocenters. The number of rotatable bonds is 8. The summed E-state index contributed by atoms with van der Waals surface area (Å²) in [5.74, 6) is -0.621. The number of nitrogens with zero attached hydrogens (tertiary/aromatic N) is 1. The van der Waals surface area contributed by atoms with Crippen molar-refractivity contribution in [1.29, 1.82) is 0 Å². The number of carbonyl (C=O) groups is 2. The summed E-state index contributed by atoms with van der Waals surface area (Å²) in [7, 11) is 1.53. The van der Waals surface area contributed by atoms with Crippen LogP contribution in [0.2, 0.25) is 0 Å². The summed E-state index contributed by atoms with van der Waals surface area (Å²) in [5, 5.41) is 11.5. The number of amides is 2. The summed E-state index contributed by atoms with van der Waals surface area (Å²) >= 11 is 0. The molecule has 0 aliphatic heterocycles. The van der Waals surface area contributed by atoms with Crippen molar-refractivity contribution in [3.63, 3.8) is 0 Å². The first-order valence-corrected chi connectivity index (χ1v) is 6.59. The molecule has 7 nitrogen and oxygen atoms in total. The standard InChI is InChI=1S/C14H21N3O4/c1-21-9-7-17(6-8-18)13(19)10-16-14(20)11-2-4-12(15)5-3-11/h2-5,18H,6-10,15H2,1H3,(H,16,20). The van der Waals surface area contributed by atoms with E-state index in [4.69, 9.17) is 15.6 Å². The number of hydrogen-bond donors (Lipinski definition) is 3. The average Bonchev–Trinajstić information content (AvgIpc) is 2.49. The molecule has 0 saturated heterocycles. The molecular formula is C14H21N3O4. The van der Waals surface area contributed by atoms with Gasteiger partial charge in [0.15, 0.2) is 0 Å². The molecule has 0 fully saturated rings. The van der Waals surface area contributed by atoms with E-state index in [1.54, 1.807) is 24.3 Å². The first kappa shape index (κ1) is 16.9. The van der Waals surface area contributed by atoms with Crippen molar-refractivity contribution in [2.75, 3.05) is 45.7 Å². The molecule has 1 rings (SSSR count). The number of nitrogen functional groups attached to an aromatic ring is 1. The van der Waals surface area contributed by atoms with Crippen LogP contribution in [-0.4, -0.2) is 61.8 Å². The average molecular weight is 295 g/mol. The zero-order chi connectivity index (χ0) is 15.7. The topological polar surface area (TPSA) is 105 Å². The van der Waals surface area contributed by atoms with Crippen molar-refractivity contribution < 1.29 is 19.4 Å². The number of anilines is 1. The summed E-state index contributed by atoms with van der Waals surface area (Å²) in [6.07, 6.45) is 0. The molecule has 21 heavy (non-hydrogen) atoms. The quantitative estimate of drug-likeness (QED) is 0.559. The fourth-order valence-corrected chi connectivity index (χ4v) is 1.69. The number of carbonyl (C=O) groups excluding carboxylic acids is 2. The highest BCUT2D eigenvalue weighted by Crippen LogP contribution is 2.05. The van der Waals surface area contributed by atoms with Gasteiger partial charge in [0.1, 0.15) is 0 Å². The monoisotopic (exact) mass is 295 g/mol. The van der Waals surface area contributed by atoms with Gasteiger partial charge < -0.3 is 25.8 Å². The van der Waals surface area contributed by atoms with Crippen LogP contribution in [0.5, 0.6) is 0 Å². The summed E-state index contributed by atoms with van der Waals surface area (Å²) < 4.78 is 4.90. The molecule has 0 radical (unpaired) electrons. The van der Waals surface area contributed by atoms with E-state index in [1.165, 1.54) is 12.0 Å². The van der Waals surface area contributed by atoms with E-state index in [9.17, 15) is 9.59 Å². The number of methoxy groups -OCH3 is 1. The van der Waals surface area contributed by atoms with Crippen LogP contribution >= 0.6 is 0 Å². The zero-order valence-corrected chi connectivity index (χ0v) is 12.0. The largest absolute Gasteiger partial charge is 0.399 e. The summed E-state index contributed by atoms with van der Waals surface area (Å²) in [6, 6.07) is 6.41. The first-order chi connectivity index (χ1) is 10.1. The van der Waals surface area contributed by atoms with E-state index in [0.717, 1.165) is 0 Å². The number of benzene rings is 1. The number of hydrogen-bond acceptors (Lipinski definition) is 5. The zero-order valence-electron chi connectivity index (χ0n) is 12.0. The number of nitrogens with one attached hydrogen (secondary N) is 1. The lowest BCUT2D eigenvalue weighted by Gasteiger charge is -2.21. The second kappa shape index (κ2) is 8.93. The van der Waals surface area contributed by atoms with Crippen LogP contribution < -0.4 is 11.1 Å². The molecule has 0 heterocycles. The Labute approximate surface area is 123 Å². The van der Waals surface area contributed by atoms with Crippen LogP contribution in [0.15, 0.2) is 24.3 Å². The Hall–Kier alpha value is -2.12. The molecule has 0 aromatic heterocycles. The van der Waals surface area contributed by atoms with Gasteiger partial charge in [0.25, 0.3) is 5.91 Å². The molecule has 0 bridgehead atoms. The van der Waals surface area contributed by atoms with Crippen LogP contribution in [0.25, 0.3) is 0 Å². The van der Waals surface area contributed by atoms with Gasteiger partial charge >= 0.3 is 0 Å². The van der Waals surface area contributed by atoms with Gasteiger partial charge in [0.05, 0.1) is 19.8 Å². The fourth-order valence-electron chi connectivity index (χ4n) is 1.69. The maximum Gasteiger partial charge on any atom is 0.251 e. The van der Waals surface area contributed by atoms with Crippen molar-refractivity contribution in [1.82, 2.24) is 10.2 Å².